The van der Waals surface area contributed by atoms with Crippen LogP contribution in [0.4, 0.5) is 0 Å². The van der Waals surface area contributed by atoms with Crippen LogP contribution in [0, 0.1) is 0 Å². The Labute approximate surface area is 115 Å². The Kier molecular flexibility index (Phi) is 6.47. The minimum Gasteiger partial charge on any atom is -0.314 e. The molecular formula is C12H24N4O2S. The second kappa shape index (κ2) is 7.62. The van der Waals surface area contributed by atoms with E-state index < -0.39 is 10.0 Å². The predicted molar refractivity (Wildman–Crippen MR) is 76.4 cm³/mol. The van der Waals surface area contributed by atoms with Crippen molar-refractivity contribution >= 4 is 10.0 Å². The number of nitrogens with one attached hydrogen (secondary N) is 2. The summed E-state index contributed by atoms with van der Waals surface area (Å²) in [5.41, 5.74) is 0. The van der Waals surface area contributed by atoms with Gasteiger partial charge in [0.05, 0.1) is 12.3 Å². The fourth-order valence-corrected chi connectivity index (χ4v) is 3.07. The SMILES string of the molecule is CC(C)NCCCS(=O)(=O)NC(C)Cn1cccn1. The second-order valence-electron chi connectivity index (χ2n) is 5.03. The first-order valence-electron chi connectivity index (χ1n) is 6.60. The van der Waals surface area contributed by atoms with Crippen molar-refractivity contribution in [2.24, 2.45) is 0 Å². The van der Waals surface area contributed by atoms with Crippen molar-refractivity contribution in [1.82, 2.24) is 19.8 Å². The molecule has 0 spiro atoms. The maximum absolute atomic E-state index is 11.8. The minimum absolute atomic E-state index is 0.149. The van der Waals surface area contributed by atoms with Crippen LogP contribution in [0.5, 0.6) is 0 Å². The minimum atomic E-state index is -3.21. The molecule has 0 aliphatic heterocycles. The van der Waals surface area contributed by atoms with Gasteiger partial charge in [-0.15, -0.1) is 0 Å². The van der Waals surface area contributed by atoms with Crippen LogP contribution in [-0.2, 0) is 16.6 Å². The summed E-state index contributed by atoms with van der Waals surface area (Å²) in [6, 6.07) is 2.04. The van der Waals surface area contributed by atoms with Gasteiger partial charge in [0.2, 0.25) is 10.0 Å². The van der Waals surface area contributed by atoms with E-state index >= 15 is 0 Å². The van der Waals surface area contributed by atoms with Crippen LogP contribution in [0.2, 0.25) is 0 Å². The van der Waals surface area contributed by atoms with E-state index in [0.717, 1.165) is 0 Å². The molecule has 1 atom stereocenters. The molecule has 1 aromatic heterocycles. The van der Waals surface area contributed by atoms with Gasteiger partial charge in [-0.3, -0.25) is 4.68 Å². The fourth-order valence-electron chi connectivity index (χ4n) is 1.74. The van der Waals surface area contributed by atoms with Gasteiger partial charge >= 0.3 is 0 Å². The fraction of sp³-hybridized carbons (Fsp3) is 0.750. The topological polar surface area (TPSA) is 76.0 Å². The Morgan fingerprint density at radius 2 is 2.05 bits per heavy atom. The lowest BCUT2D eigenvalue weighted by Crippen LogP contribution is -2.38. The maximum Gasteiger partial charge on any atom is 0.211 e. The lowest BCUT2D eigenvalue weighted by molar-refractivity contribution is 0.492. The number of hydrogen-bond donors (Lipinski definition) is 2. The summed E-state index contributed by atoms with van der Waals surface area (Å²) < 4.78 is 28.1. The van der Waals surface area contributed by atoms with Gasteiger partial charge in [-0.2, -0.15) is 5.10 Å². The lowest BCUT2D eigenvalue weighted by Gasteiger charge is -2.14. The van der Waals surface area contributed by atoms with Crippen LogP contribution in [0.25, 0.3) is 0 Å². The van der Waals surface area contributed by atoms with Gasteiger partial charge in [-0.25, -0.2) is 13.1 Å². The average molecular weight is 288 g/mol. The quantitative estimate of drug-likeness (QED) is 0.652. The molecule has 19 heavy (non-hydrogen) atoms. The highest BCUT2D eigenvalue weighted by Crippen LogP contribution is 1.96. The van der Waals surface area contributed by atoms with Crippen molar-refractivity contribution in [3.8, 4) is 0 Å². The molecule has 0 saturated carbocycles. The highest BCUT2D eigenvalue weighted by molar-refractivity contribution is 7.89. The summed E-state index contributed by atoms with van der Waals surface area (Å²) in [7, 11) is -3.21. The number of rotatable bonds is 9. The van der Waals surface area contributed by atoms with Gasteiger partial charge in [0, 0.05) is 24.5 Å². The first kappa shape index (κ1) is 16.1. The Balaban J connectivity index is 2.29. The average Bonchev–Trinajstić information content (AvgIpc) is 2.76. The van der Waals surface area contributed by atoms with Crippen molar-refractivity contribution in [2.75, 3.05) is 12.3 Å². The zero-order valence-corrected chi connectivity index (χ0v) is 12.7. The maximum atomic E-state index is 11.8. The van der Waals surface area contributed by atoms with Crippen molar-refractivity contribution in [1.29, 1.82) is 0 Å². The van der Waals surface area contributed by atoms with Crippen LogP contribution in [0.1, 0.15) is 27.2 Å². The standard InChI is InChI=1S/C12H24N4O2S/c1-11(2)13-6-5-9-19(17,18)15-12(3)10-16-8-4-7-14-16/h4,7-8,11-13,15H,5-6,9-10H2,1-3H3. The van der Waals surface area contributed by atoms with Crippen molar-refractivity contribution in [3.05, 3.63) is 18.5 Å². The molecule has 0 aliphatic carbocycles. The third-order valence-corrected chi connectivity index (χ3v) is 4.13. The monoisotopic (exact) mass is 288 g/mol. The molecule has 1 rings (SSSR count). The predicted octanol–water partition coefficient (Wildman–Crippen LogP) is 0.579. The Bertz CT molecular complexity index is 442. The second-order valence-corrected chi connectivity index (χ2v) is 6.90. The highest BCUT2D eigenvalue weighted by atomic mass is 32.2. The van der Waals surface area contributed by atoms with E-state index in [1.165, 1.54) is 0 Å². The number of aromatic nitrogens is 2. The molecule has 0 bridgehead atoms. The van der Waals surface area contributed by atoms with Gasteiger partial charge in [0.25, 0.3) is 0 Å². The van der Waals surface area contributed by atoms with Crippen molar-refractivity contribution in [3.63, 3.8) is 0 Å². The molecule has 6 nitrogen and oxygen atoms in total. The van der Waals surface area contributed by atoms with Gasteiger partial charge in [0.1, 0.15) is 0 Å². The Morgan fingerprint density at radius 3 is 2.63 bits per heavy atom. The number of nitrogens with zero attached hydrogens (tertiary/aromatic N) is 2. The van der Waals surface area contributed by atoms with E-state index in [0.29, 0.717) is 25.6 Å². The van der Waals surface area contributed by atoms with Crippen LogP contribution < -0.4 is 10.0 Å². The molecular weight excluding hydrogens is 264 g/mol. The summed E-state index contributed by atoms with van der Waals surface area (Å²) >= 11 is 0. The van der Waals surface area contributed by atoms with E-state index in [9.17, 15) is 8.42 Å². The summed E-state index contributed by atoms with van der Waals surface area (Å²) in [4.78, 5) is 0. The van der Waals surface area contributed by atoms with Crippen LogP contribution in [-0.4, -0.2) is 42.6 Å². The molecule has 0 aliphatic rings. The molecule has 1 aromatic rings. The van der Waals surface area contributed by atoms with Gasteiger partial charge in [0.15, 0.2) is 0 Å². The lowest BCUT2D eigenvalue weighted by atomic mass is 10.4. The summed E-state index contributed by atoms with van der Waals surface area (Å²) in [5.74, 6) is 0.149. The molecule has 2 N–H and O–H groups in total. The molecule has 7 heteroatoms. The van der Waals surface area contributed by atoms with E-state index in [1.54, 1.807) is 10.9 Å². The first-order chi connectivity index (χ1) is 8.89. The largest absolute Gasteiger partial charge is 0.314 e. The zero-order chi connectivity index (χ0) is 14.3. The van der Waals surface area contributed by atoms with Crippen LogP contribution >= 0.6 is 0 Å². The summed E-state index contributed by atoms with van der Waals surface area (Å²) in [5, 5.41) is 7.25. The summed E-state index contributed by atoms with van der Waals surface area (Å²) in [6.07, 6.45) is 4.11. The van der Waals surface area contributed by atoms with Crippen molar-refractivity contribution in [2.45, 2.75) is 45.8 Å². The van der Waals surface area contributed by atoms with E-state index in [-0.39, 0.29) is 11.8 Å². The third-order valence-electron chi connectivity index (χ3n) is 2.54. The Morgan fingerprint density at radius 1 is 1.32 bits per heavy atom. The van der Waals surface area contributed by atoms with E-state index in [4.69, 9.17) is 0 Å². The number of hydrogen-bond acceptors (Lipinski definition) is 4. The molecule has 0 amide bonds. The molecule has 0 aromatic carbocycles. The van der Waals surface area contributed by atoms with Crippen molar-refractivity contribution < 1.29 is 8.42 Å². The normalized spacial score (nSPS) is 13.9. The molecule has 0 radical (unpaired) electrons. The van der Waals surface area contributed by atoms with E-state index in [1.807, 2.05) is 33.0 Å². The molecule has 110 valence electrons. The zero-order valence-electron chi connectivity index (χ0n) is 11.8. The molecule has 0 saturated heterocycles. The van der Waals surface area contributed by atoms with E-state index in [2.05, 4.69) is 15.1 Å². The van der Waals surface area contributed by atoms with Gasteiger partial charge < -0.3 is 5.32 Å². The van der Waals surface area contributed by atoms with Crippen LogP contribution in [0.3, 0.4) is 0 Å². The molecule has 1 unspecified atom stereocenters. The highest BCUT2D eigenvalue weighted by Gasteiger charge is 2.14. The summed E-state index contributed by atoms with van der Waals surface area (Å²) in [6.45, 7) is 7.17. The van der Waals surface area contributed by atoms with Crippen LogP contribution in [0.15, 0.2) is 18.5 Å². The molecule has 1 heterocycles. The number of sulfonamides is 1. The smallest absolute Gasteiger partial charge is 0.211 e. The van der Waals surface area contributed by atoms with Gasteiger partial charge in [-0.1, -0.05) is 13.8 Å². The third kappa shape index (κ3) is 7.29. The first-order valence-corrected chi connectivity index (χ1v) is 8.25. The van der Waals surface area contributed by atoms with Gasteiger partial charge in [-0.05, 0) is 26.0 Å². The molecule has 0 fully saturated rings. The Hall–Kier alpha value is -0.920.